The molecule has 1 saturated carbocycles. The van der Waals surface area contributed by atoms with Crippen LogP contribution in [0.3, 0.4) is 0 Å². The lowest BCUT2D eigenvalue weighted by atomic mass is 9.89. The van der Waals surface area contributed by atoms with Crippen LogP contribution in [0.5, 0.6) is 0 Å². The summed E-state index contributed by atoms with van der Waals surface area (Å²) in [7, 11) is 0. The summed E-state index contributed by atoms with van der Waals surface area (Å²) in [6.07, 6.45) is 6.56. The van der Waals surface area contributed by atoms with E-state index in [9.17, 15) is 0 Å². The first-order valence-electron chi connectivity index (χ1n) is 7.17. The summed E-state index contributed by atoms with van der Waals surface area (Å²) in [5.41, 5.74) is 1.54. The molecule has 0 N–H and O–H groups in total. The van der Waals surface area contributed by atoms with Crippen molar-refractivity contribution in [3.05, 3.63) is 35.9 Å². The summed E-state index contributed by atoms with van der Waals surface area (Å²) in [6.45, 7) is 3.95. The molecule has 3 rings (SSSR count). The summed E-state index contributed by atoms with van der Waals surface area (Å²) in [5.74, 6) is 1.79. The van der Waals surface area contributed by atoms with Gasteiger partial charge in [0.05, 0.1) is 0 Å². The summed E-state index contributed by atoms with van der Waals surface area (Å²) in [6, 6.07) is 11.1. The molecule has 2 atom stereocenters. The molecule has 2 heteroatoms. The number of benzene rings is 1. The first-order chi connectivity index (χ1) is 8.86. The second kappa shape index (κ2) is 5.66. The average Bonchev–Trinajstić information content (AvgIpc) is 3.23. The second-order valence-corrected chi connectivity index (χ2v) is 6.86. The molecule has 1 heterocycles. The number of hydrogen-bond donors (Lipinski definition) is 0. The molecule has 1 saturated heterocycles. The van der Waals surface area contributed by atoms with Crippen LogP contribution in [0.4, 0.5) is 0 Å². The van der Waals surface area contributed by atoms with E-state index in [0.29, 0.717) is 0 Å². The predicted octanol–water partition coefficient (Wildman–Crippen LogP) is 3.62. The van der Waals surface area contributed by atoms with Gasteiger partial charge >= 0.3 is 0 Å². The van der Waals surface area contributed by atoms with E-state index in [2.05, 4.69) is 53.2 Å². The Kier molecular flexibility index (Phi) is 3.95. The number of likely N-dealkylation sites (tertiary alicyclic amines) is 1. The highest BCUT2D eigenvalue weighted by atomic mass is 32.2. The van der Waals surface area contributed by atoms with Crippen LogP contribution in [0.25, 0.3) is 0 Å². The topological polar surface area (TPSA) is 3.24 Å². The van der Waals surface area contributed by atoms with Crippen LogP contribution in [0, 0.1) is 5.92 Å². The van der Waals surface area contributed by atoms with Gasteiger partial charge in [-0.15, -0.1) is 0 Å². The van der Waals surface area contributed by atoms with Gasteiger partial charge in [-0.3, -0.25) is 0 Å². The van der Waals surface area contributed by atoms with Crippen LogP contribution >= 0.6 is 11.8 Å². The lowest BCUT2D eigenvalue weighted by molar-refractivity contribution is 0.210. The number of hydrogen-bond acceptors (Lipinski definition) is 2. The van der Waals surface area contributed by atoms with E-state index in [4.69, 9.17) is 0 Å². The second-order valence-electron chi connectivity index (χ2n) is 5.78. The molecule has 1 nitrogen and oxygen atoms in total. The average molecular weight is 261 g/mol. The number of piperidine rings is 1. The standard InChI is InChI=1S/C16H23NS/c1-18-16-12-17(11-13-7-8-13)10-9-15(16)14-5-3-2-4-6-14/h2-6,13,15-16H,7-12H2,1H3/t15-,16+/m0/s1. The highest BCUT2D eigenvalue weighted by Gasteiger charge is 2.32. The monoisotopic (exact) mass is 261 g/mol. The van der Waals surface area contributed by atoms with Gasteiger partial charge in [-0.05, 0) is 49.5 Å². The fraction of sp³-hybridized carbons (Fsp3) is 0.625. The van der Waals surface area contributed by atoms with Crippen molar-refractivity contribution < 1.29 is 0 Å². The molecular formula is C16H23NS. The van der Waals surface area contributed by atoms with Crippen molar-refractivity contribution in [3.63, 3.8) is 0 Å². The fourth-order valence-corrected chi connectivity index (χ4v) is 4.11. The van der Waals surface area contributed by atoms with Gasteiger partial charge in [0.25, 0.3) is 0 Å². The molecule has 0 amide bonds. The molecule has 0 bridgehead atoms. The largest absolute Gasteiger partial charge is 0.302 e. The van der Waals surface area contributed by atoms with E-state index < -0.39 is 0 Å². The molecule has 1 aromatic carbocycles. The fourth-order valence-electron chi connectivity index (χ4n) is 3.13. The molecule has 0 aromatic heterocycles. The van der Waals surface area contributed by atoms with E-state index in [0.717, 1.165) is 17.1 Å². The Morgan fingerprint density at radius 3 is 2.61 bits per heavy atom. The Morgan fingerprint density at radius 1 is 1.17 bits per heavy atom. The number of rotatable bonds is 4. The van der Waals surface area contributed by atoms with E-state index in [-0.39, 0.29) is 0 Å². The van der Waals surface area contributed by atoms with Gasteiger partial charge in [0, 0.05) is 18.3 Å². The van der Waals surface area contributed by atoms with Crippen LogP contribution in [-0.2, 0) is 0 Å². The number of nitrogens with zero attached hydrogens (tertiary/aromatic N) is 1. The third kappa shape index (κ3) is 2.92. The van der Waals surface area contributed by atoms with E-state index in [1.54, 1.807) is 5.56 Å². The zero-order valence-electron chi connectivity index (χ0n) is 11.2. The predicted molar refractivity (Wildman–Crippen MR) is 80.3 cm³/mol. The van der Waals surface area contributed by atoms with Crippen molar-refractivity contribution in [2.75, 3.05) is 25.9 Å². The molecule has 2 fully saturated rings. The Balaban J connectivity index is 1.65. The number of thioether (sulfide) groups is 1. The molecule has 1 aliphatic carbocycles. The van der Waals surface area contributed by atoms with E-state index >= 15 is 0 Å². The zero-order chi connectivity index (χ0) is 12.4. The van der Waals surface area contributed by atoms with Crippen LogP contribution in [-0.4, -0.2) is 36.0 Å². The summed E-state index contributed by atoms with van der Waals surface area (Å²) < 4.78 is 0. The molecular weight excluding hydrogens is 238 g/mol. The Hall–Kier alpha value is -0.470. The third-order valence-electron chi connectivity index (χ3n) is 4.39. The maximum Gasteiger partial charge on any atom is 0.0241 e. The van der Waals surface area contributed by atoms with Gasteiger partial charge in [-0.2, -0.15) is 11.8 Å². The lowest BCUT2D eigenvalue weighted by Crippen LogP contribution is -2.42. The minimum absolute atomic E-state index is 0.761. The van der Waals surface area contributed by atoms with Crippen molar-refractivity contribution in [3.8, 4) is 0 Å². The highest BCUT2D eigenvalue weighted by molar-refractivity contribution is 7.99. The van der Waals surface area contributed by atoms with E-state index in [1.165, 1.54) is 38.9 Å². The lowest BCUT2D eigenvalue weighted by Gasteiger charge is -2.38. The first kappa shape index (κ1) is 12.6. The van der Waals surface area contributed by atoms with Gasteiger partial charge < -0.3 is 4.90 Å². The molecule has 0 spiro atoms. The Labute approximate surface area is 115 Å². The molecule has 0 radical (unpaired) electrons. The Bertz CT molecular complexity index is 374. The molecule has 18 heavy (non-hydrogen) atoms. The van der Waals surface area contributed by atoms with E-state index in [1.807, 2.05) is 0 Å². The minimum Gasteiger partial charge on any atom is -0.302 e. The maximum atomic E-state index is 2.71. The van der Waals surface area contributed by atoms with Crippen molar-refractivity contribution in [2.45, 2.75) is 30.4 Å². The quantitative estimate of drug-likeness (QED) is 0.814. The zero-order valence-corrected chi connectivity index (χ0v) is 12.0. The molecule has 1 aliphatic heterocycles. The van der Waals surface area contributed by atoms with Crippen molar-refractivity contribution >= 4 is 11.8 Å². The van der Waals surface area contributed by atoms with Crippen LogP contribution in [0.2, 0.25) is 0 Å². The van der Waals surface area contributed by atoms with Crippen molar-refractivity contribution in [2.24, 2.45) is 5.92 Å². The van der Waals surface area contributed by atoms with Crippen LogP contribution in [0.1, 0.15) is 30.7 Å². The highest BCUT2D eigenvalue weighted by Crippen LogP contribution is 2.37. The summed E-state index contributed by atoms with van der Waals surface area (Å²) >= 11 is 2.06. The van der Waals surface area contributed by atoms with Gasteiger partial charge in [0.15, 0.2) is 0 Å². The molecule has 0 unspecified atom stereocenters. The normalized spacial score (nSPS) is 29.4. The van der Waals surface area contributed by atoms with Gasteiger partial charge in [-0.1, -0.05) is 30.3 Å². The molecule has 1 aromatic rings. The van der Waals surface area contributed by atoms with Crippen molar-refractivity contribution in [1.82, 2.24) is 4.90 Å². The molecule has 98 valence electrons. The summed E-state index contributed by atoms with van der Waals surface area (Å²) in [5, 5.41) is 0.778. The maximum absolute atomic E-state index is 2.71. The Morgan fingerprint density at radius 2 is 1.94 bits per heavy atom. The van der Waals surface area contributed by atoms with Gasteiger partial charge in [-0.25, -0.2) is 0 Å². The van der Waals surface area contributed by atoms with Crippen LogP contribution < -0.4 is 0 Å². The molecule has 2 aliphatic rings. The van der Waals surface area contributed by atoms with Gasteiger partial charge in [0.2, 0.25) is 0 Å². The van der Waals surface area contributed by atoms with Crippen molar-refractivity contribution in [1.29, 1.82) is 0 Å². The minimum atomic E-state index is 0.761. The summed E-state index contributed by atoms with van der Waals surface area (Å²) in [4.78, 5) is 2.71. The SMILES string of the molecule is CS[C@@H]1CN(CC2CC2)CC[C@H]1c1ccccc1. The van der Waals surface area contributed by atoms with Crippen LogP contribution in [0.15, 0.2) is 30.3 Å². The van der Waals surface area contributed by atoms with Gasteiger partial charge in [0.1, 0.15) is 0 Å². The third-order valence-corrected chi connectivity index (χ3v) is 5.47. The smallest absolute Gasteiger partial charge is 0.0241 e. The first-order valence-corrected chi connectivity index (χ1v) is 8.45.